The Morgan fingerprint density at radius 1 is 0.951 bits per heavy atom. The number of methoxy groups -OCH3 is 1. The molecule has 0 bridgehead atoms. The number of ether oxygens (including phenoxy) is 1. The van der Waals surface area contributed by atoms with Crippen LogP contribution in [0, 0.1) is 0 Å². The molecule has 212 valence electrons. The van der Waals surface area contributed by atoms with Crippen LogP contribution in [-0.4, -0.2) is 52.4 Å². The van der Waals surface area contributed by atoms with Crippen molar-refractivity contribution >= 4 is 17.1 Å². The highest BCUT2D eigenvalue weighted by molar-refractivity contribution is 5.80. The maximum atomic E-state index is 13.7. The van der Waals surface area contributed by atoms with Crippen molar-refractivity contribution in [1.29, 1.82) is 0 Å². The van der Waals surface area contributed by atoms with Gasteiger partial charge in [0.1, 0.15) is 12.4 Å². The van der Waals surface area contributed by atoms with Crippen LogP contribution in [0.5, 0.6) is 0 Å². The largest absolute Gasteiger partial charge is 0.468 e. The Balaban J connectivity index is 1.60. The fourth-order valence-electron chi connectivity index (χ4n) is 4.98. The van der Waals surface area contributed by atoms with Gasteiger partial charge in [0.05, 0.1) is 7.11 Å². The van der Waals surface area contributed by atoms with Crippen molar-refractivity contribution in [2.24, 2.45) is 0 Å². The van der Waals surface area contributed by atoms with E-state index < -0.39 is 17.2 Å². The lowest BCUT2D eigenvalue weighted by Crippen LogP contribution is -2.41. The fourth-order valence-corrected chi connectivity index (χ4v) is 4.98. The van der Waals surface area contributed by atoms with Crippen molar-refractivity contribution in [3.63, 3.8) is 0 Å². The van der Waals surface area contributed by atoms with Crippen LogP contribution in [0.4, 0.5) is 0 Å². The van der Waals surface area contributed by atoms with Gasteiger partial charge in [0.25, 0.3) is 5.56 Å². The number of carbonyl (C=O) groups excluding carboxylic acids is 1. The molecule has 5 aromatic rings. The number of unbranched alkanes of at least 4 members (excludes halogenated alkanes) is 1. The molecule has 5 rings (SSSR count). The lowest BCUT2D eigenvalue weighted by Gasteiger charge is -2.13. The van der Waals surface area contributed by atoms with Crippen molar-refractivity contribution in [1.82, 2.24) is 39.3 Å². The highest BCUT2D eigenvalue weighted by Crippen LogP contribution is 2.30. The van der Waals surface area contributed by atoms with Gasteiger partial charge in [0, 0.05) is 25.1 Å². The highest BCUT2D eigenvalue weighted by Gasteiger charge is 2.23. The molecule has 3 aromatic heterocycles. The highest BCUT2D eigenvalue weighted by atomic mass is 16.5. The van der Waals surface area contributed by atoms with Gasteiger partial charge in [0.15, 0.2) is 17.0 Å². The van der Waals surface area contributed by atoms with Crippen LogP contribution < -0.4 is 11.2 Å². The first kappa shape index (κ1) is 27.7. The monoisotopic (exact) mass is 556 g/mol. The number of hydrogen-bond donors (Lipinski definition) is 1. The number of fused-ring (bicyclic) bond motifs is 1. The molecule has 0 aliphatic rings. The summed E-state index contributed by atoms with van der Waals surface area (Å²) in [5.74, 6) is 0.687. The molecule has 41 heavy (non-hydrogen) atoms. The van der Waals surface area contributed by atoms with Crippen LogP contribution in [0.1, 0.15) is 44.5 Å². The molecule has 3 heterocycles. The minimum Gasteiger partial charge on any atom is -0.468 e. The van der Waals surface area contributed by atoms with E-state index in [0.29, 0.717) is 36.6 Å². The van der Waals surface area contributed by atoms with Gasteiger partial charge in [-0.1, -0.05) is 68.8 Å². The van der Waals surface area contributed by atoms with Crippen molar-refractivity contribution in [3.05, 3.63) is 80.8 Å². The second-order valence-electron chi connectivity index (χ2n) is 9.78. The maximum Gasteiger partial charge on any atom is 0.333 e. The number of hydrogen-bond acceptors (Lipinski definition) is 8. The number of aromatic nitrogens is 8. The summed E-state index contributed by atoms with van der Waals surface area (Å²) in [6.45, 7) is 4.26. The van der Waals surface area contributed by atoms with E-state index in [-0.39, 0.29) is 18.7 Å². The molecule has 0 aliphatic carbocycles. The zero-order chi connectivity index (χ0) is 28.9. The van der Waals surface area contributed by atoms with Crippen molar-refractivity contribution in [3.8, 4) is 22.5 Å². The van der Waals surface area contributed by atoms with Gasteiger partial charge < -0.3 is 9.30 Å². The predicted octanol–water partition coefficient (Wildman–Crippen LogP) is 3.18. The minimum atomic E-state index is -0.586. The Morgan fingerprint density at radius 2 is 1.71 bits per heavy atom. The van der Waals surface area contributed by atoms with Crippen LogP contribution in [0.25, 0.3) is 33.7 Å². The smallest absolute Gasteiger partial charge is 0.333 e. The number of nitrogens with one attached hydrogen (secondary N) is 1. The third-order valence-corrected chi connectivity index (χ3v) is 7.04. The van der Waals surface area contributed by atoms with E-state index in [1.165, 1.54) is 16.2 Å². The molecule has 2 aromatic carbocycles. The van der Waals surface area contributed by atoms with Gasteiger partial charge in [-0.25, -0.2) is 14.9 Å². The summed E-state index contributed by atoms with van der Waals surface area (Å²) in [5, 5.41) is 14.3. The van der Waals surface area contributed by atoms with Crippen LogP contribution in [0.3, 0.4) is 0 Å². The third kappa shape index (κ3) is 5.45. The third-order valence-electron chi connectivity index (χ3n) is 7.04. The van der Waals surface area contributed by atoms with Crippen LogP contribution in [0.2, 0.25) is 0 Å². The Bertz CT molecular complexity index is 1780. The fraction of sp³-hybridized carbons (Fsp3) is 0.345. The van der Waals surface area contributed by atoms with Crippen molar-refractivity contribution < 1.29 is 9.53 Å². The Kier molecular flexibility index (Phi) is 8.18. The normalized spacial score (nSPS) is 11.3. The number of carbonyl (C=O) groups is 1. The van der Waals surface area contributed by atoms with Crippen LogP contribution in [0.15, 0.2) is 58.1 Å². The molecular weight excluding hydrogens is 524 g/mol. The second kappa shape index (κ2) is 12.1. The molecule has 0 atom stereocenters. The number of H-pyrrole nitrogens is 1. The SMILES string of the molecule is CCCCc1nc2c(c(=O)n(CCC)c(=O)n2CC(=O)OC)n1Cc1ccc(-c2ccccc2-c2nnn[nH]2)cc1. The molecule has 12 heteroatoms. The molecule has 0 aliphatic heterocycles. The first-order valence-electron chi connectivity index (χ1n) is 13.7. The van der Waals surface area contributed by atoms with Gasteiger partial charge in [0.2, 0.25) is 0 Å². The number of aryl methyl sites for hydroxylation is 1. The van der Waals surface area contributed by atoms with E-state index in [9.17, 15) is 14.4 Å². The summed E-state index contributed by atoms with van der Waals surface area (Å²) in [6, 6.07) is 15.9. The molecular formula is C29H32N8O4. The van der Waals surface area contributed by atoms with Crippen molar-refractivity contribution in [2.45, 2.75) is 59.2 Å². The number of aromatic amines is 1. The maximum absolute atomic E-state index is 13.7. The van der Waals surface area contributed by atoms with Gasteiger partial charge in [-0.3, -0.25) is 18.7 Å². The number of esters is 1. The molecule has 0 radical (unpaired) electrons. The standard InChI is InChI=1S/C29H32N8O4/c1-4-6-11-23-30-27-25(28(39)35(16-5-2)29(40)37(27)18-24(38)41-3)36(23)17-19-12-14-20(15-13-19)21-9-7-8-10-22(21)26-31-33-34-32-26/h7-10,12-15H,4-6,11,16-18H2,1-3H3,(H,31,32,33,34). The van der Waals surface area contributed by atoms with E-state index in [1.807, 2.05) is 60.0 Å². The molecule has 1 N–H and O–H groups in total. The van der Waals surface area contributed by atoms with Crippen LogP contribution >= 0.6 is 0 Å². The Morgan fingerprint density at radius 3 is 2.37 bits per heavy atom. The van der Waals surface area contributed by atoms with Gasteiger partial charge in [-0.05, 0) is 40.0 Å². The number of rotatable bonds is 11. The van der Waals surface area contributed by atoms with Crippen LogP contribution in [-0.2, 0) is 35.6 Å². The Hall–Kier alpha value is -4.87. The molecule has 0 unspecified atom stereocenters. The van der Waals surface area contributed by atoms with E-state index in [4.69, 9.17) is 9.72 Å². The summed E-state index contributed by atoms with van der Waals surface area (Å²) >= 11 is 0. The average Bonchev–Trinajstić information content (AvgIpc) is 3.65. The summed E-state index contributed by atoms with van der Waals surface area (Å²) < 4.78 is 9.16. The predicted molar refractivity (Wildman–Crippen MR) is 153 cm³/mol. The summed E-state index contributed by atoms with van der Waals surface area (Å²) in [4.78, 5) is 43.9. The second-order valence-corrected chi connectivity index (χ2v) is 9.78. The summed E-state index contributed by atoms with van der Waals surface area (Å²) in [7, 11) is 1.27. The molecule has 12 nitrogen and oxygen atoms in total. The first-order valence-corrected chi connectivity index (χ1v) is 13.7. The topological polar surface area (TPSA) is 143 Å². The van der Waals surface area contributed by atoms with Gasteiger partial charge in [-0.15, -0.1) is 5.10 Å². The number of imidazole rings is 1. The minimum absolute atomic E-state index is 0.204. The molecule has 0 saturated carbocycles. The van der Waals surface area contributed by atoms with E-state index in [0.717, 1.165) is 35.1 Å². The average molecular weight is 557 g/mol. The van der Waals surface area contributed by atoms with E-state index in [1.54, 1.807) is 0 Å². The number of nitrogens with zero attached hydrogens (tertiary/aromatic N) is 7. The lowest BCUT2D eigenvalue weighted by molar-refractivity contribution is -0.141. The zero-order valence-electron chi connectivity index (χ0n) is 23.3. The van der Waals surface area contributed by atoms with Gasteiger partial charge in [-0.2, -0.15) is 0 Å². The lowest BCUT2D eigenvalue weighted by atomic mass is 9.98. The molecule has 0 amide bonds. The quantitative estimate of drug-likeness (QED) is 0.245. The number of benzene rings is 2. The molecule has 0 spiro atoms. The Labute approximate surface area is 235 Å². The zero-order valence-corrected chi connectivity index (χ0v) is 23.3. The van der Waals surface area contributed by atoms with E-state index in [2.05, 4.69) is 27.5 Å². The number of tetrazole rings is 1. The summed E-state index contributed by atoms with van der Waals surface area (Å²) in [5.41, 5.74) is 3.34. The molecule has 0 saturated heterocycles. The first-order chi connectivity index (χ1) is 20.0. The van der Waals surface area contributed by atoms with E-state index >= 15 is 0 Å². The van der Waals surface area contributed by atoms with Crippen molar-refractivity contribution in [2.75, 3.05) is 7.11 Å². The molecule has 0 fully saturated rings. The summed E-state index contributed by atoms with van der Waals surface area (Å²) in [6.07, 6.45) is 3.01. The van der Waals surface area contributed by atoms with Gasteiger partial charge >= 0.3 is 11.7 Å².